The minimum absolute atomic E-state index is 0.0359. The van der Waals surface area contributed by atoms with E-state index in [1.165, 1.54) is 18.3 Å². The molecule has 0 bridgehead atoms. The monoisotopic (exact) mass is 235 g/mol. The molecule has 0 saturated heterocycles. The third kappa shape index (κ3) is 2.81. The lowest BCUT2D eigenvalue weighted by atomic mass is 10.1. The first-order valence-electron chi connectivity index (χ1n) is 5.13. The zero-order valence-corrected chi connectivity index (χ0v) is 9.58. The maximum absolute atomic E-state index is 10.4. The number of nitro groups is 1. The van der Waals surface area contributed by atoms with Gasteiger partial charge in [-0.2, -0.15) is 0 Å². The van der Waals surface area contributed by atoms with Crippen LogP contribution in [0.25, 0.3) is 11.1 Å². The molecule has 0 spiro atoms. The van der Waals surface area contributed by atoms with Crippen molar-refractivity contribution in [3.05, 3.63) is 40.6 Å². The van der Waals surface area contributed by atoms with Gasteiger partial charge in [0.15, 0.2) is 0 Å². The highest BCUT2D eigenvalue weighted by atomic mass is 16.6. The number of hydrogen-bond acceptors (Lipinski definition) is 5. The van der Waals surface area contributed by atoms with E-state index >= 15 is 0 Å². The SMILES string of the molecule is CC.Nc1oncc1-c1ccc([N+](=O)[O-])cc1. The Labute approximate surface area is 98.2 Å². The number of rotatable bonds is 2. The summed E-state index contributed by atoms with van der Waals surface area (Å²) in [6.45, 7) is 4.00. The molecule has 0 fully saturated rings. The van der Waals surface area contributed by atoms with Gasteiger partial charge in [-0.15, -0.1) is 0 Å². The molecule has 0 aliphatic carbocycles. The highest BCUT2D eigenvalue weighted by molar-refractivity contribution is 5.72. The lowest BCUT2D eigenvalue weighted by Crippen LogP contribution is -1.88. The van der Waals surface area contributed by atoms with Gasteiger partial charge in [-0.05, 0) is 17.7 Å². The minimum Gasteiger partial charge on any atom is -0.367 e. The van der Waals surface area contributed by atoms with Crippen molar-refractivity contribution >= 4 is 11.6 Å². The van der Waals surface area contributed by atoms with Crippen molar-refractivity contribution in [3.63, 3.8) is 0 Å². The molecule has 6 heteroatoms. The fraction of sp³-hybridized carbons (Fsp3) is 0.182. The lowest BCUT2D eigenvalue weighted by molar-refractivity contribution is -0.384. The van der Waals surface area contributed by atoms with Gasteiger partial charge in [0.1, 0.15) is 0 Å². The number of nitrogen functional groups attached to an aromatic ring is 1. The Morgan fingerprint density at radius 2 is 1.88 bits per heavy atom. The maximum atomic E-state index is 10.4. The van der Waals surface area contributed by atoms with Gasteiger partial charge in [0, 0.05) is 12.1 Å². The first-order chi connectivity index (χ1) is 8.18. The highest BCUT2D eigenvalue weighted by Gasteiger charge is 2.09. The smallest absolute Gasteiger partial charge is 0.269 e. The molecule has 17 heavy (non-hydrogen) atoms. The summed E-state index contributed by atoms with van der Waals surface area (Å²) in [5, 5.41) is 13.9. The largest absolute Gasteiger partial charge is 0.367 e. The molecule has 2 N–H and O–H groups in total. The van der Waals surface area contributed by atoms with Crippen LogP contribution in [-0.2, 0) is 0 Å². The van der Waals surface area contributed by atoms with E-state index in [2.05, 4.69) is 5.16 Å². The normalized spacial score (nSPS) is 9.29. The number of anilines is 1. The van der Waals surface area contributed by atoms with Gasteiger partial charge in [0.2, 0.25) is 5.88 Å². The summed E-state index contributed by atoms with van der Waals surface area (Å²) in [5.74, 6) is 0.198. The van der Waals surface area contributed by atoms with E-state index in [0.717, 1.165) is 5.56 Å². The third-order valence-electron chi connectivity index (χ3n) is 1.99. The third-order valence-corrected chi connectivity index (χ3v) is 1.99. The van der Waals surface area contributed by atoms with Gasteiger partial charge < -0.3 is 10.3 Å². The topological polar surface area (TPSA) is 95.2 Å². The van der Waals surface area contributed by atoms with Crippen molar-refractivity contribution in [1.29, 1.82) is 0 Å². The Morgan fingerprint density at radius 1 is 1.29 bits per heavy atom. The molecule has 2 rings (SSSR count). The predicted molar refractivity (Wildman–Crippen MR) is 64.4 cm³/mol. The zero-order chi connectivity index (χ0) is 12.8. The van der Waals surface area contributed by atoms with E-state index in [1.54, 1.807) is 12.1 Å². The predicted octanol–water partition coefficient (Wildman–Crippen LogP) is 2.86. The van der Waals surface area contributed by atoms with Crippen molar-refractivity contribution in [2.75, 3.05) is 5.73 Å². The Morgan fingerprint density at radius 3 is 2.29 bits per heavy atom. The molecule has 0 aliphatic rings. The molecular weight excluding hydrogens is 222 g/mol. The van der Waals surface area contributed by atoms with E-state index in [0.29, 0.717) is 5.56 Å². The molecule has 1 aromatic heterocycles. The second-order valence-corrected chi connectivity index (χ2v) is 2.91. The fourth-order valence-electron chi connectivity index (χ4n) is 1.23. The number of nitro benzene ring substituents is 1. The molecule has 0 radical (unpaired) electrons. The molecule has 6 nitrogen and oxygen atoms in total. The number of nitrogens with zero attached hydrogens (tertiary/aromatic N) is 2. The van der Waals surface area contributed by atoms with Crippen molar-refractivity contribution < 1.29 is 9.45 Å². The average Bonchev–Trinajstić information content (AvgIpc) is 2.78. The zero-order valence-electron chi connectivity index (χ0n) is 9.58. The van der Waals surface area contributed by atoms with Gasteiger partial charge in [-0.25, -0.2) is 0 Å². The highest BCUT2D eigenvalue weighted by Crippen LogP contribution is 2.26. The number of nitrogens with two attached hydrogens (primary N) is 1. The number of benzene rings is 1. The molecular formula is C11H13N3O3. The van der Waals surface area contributed by atoms with E-state index in [-0.39, 0.29) is 11.6 Å². The number of non-ortho nitro benzene ring substituents is 1. The molecule has 0 saturated carbocycles. The molecule has 0 unspecified atom stereocenters. The van der Waals surface area contributed by atoms with Crippen LogP contribution in [0.15, 0.2) is 35.0 Å². The number of aromatic nitrogens is 1. The van der Waals surface area contributed by atoms with E-state index in [9.17, 15) is 10.1 Å². The van der Waals surface area contributed by atoms with Crippen LogP contribution in [0.5, 0.6) is 0 Å². The number of hydrogen-bond donors (Lipinski definition) is 1. The molecule has 0 aliphatic heterocycles. The molecule has 1 aromatic carbocycles. The van der Waals surface area contributed by atoms with E-state index in [4.69, 9.17) is 10.3 Å². The average molecular weight is 235 g/mol. The summed E-state index contributed by atoms with van der Waals surface area (Å²) in [6, 6.07) is 6.01. The molecule has 90 valence electrons. The maximum Gasteiger partial charge on any atom is 0.269 e. The van der Waals surface area contributed by atoms with Crippen LogP contribution >= 0.6 is 0 Å². The Kier molecular flexibility index (Phi) is 4.21. The van der Waals surface area contributed by atoms with Crippen LogP contribution in [0, 0.1) is 10.1 Å². The minimum atomic E-state index is -0.458. The van der Waals surface area contributed by atoms with Gasteiger partial charge in [0.25, 0.3) is 5.69 Å². The Hall–Kier alpha value is -2.37. The first kappa shape index (κ1) is 12.7. The second kappa shape index (κ2) is 5.64. The lowest BCUT2D eigenvalue weighted by Gasteiger charge is -1.96. The van der Waals surface area contributed by atoms with Crippen LogP contribution in [0.3, 0.4) is 0 Å². The molecule has 0 amide bonds. The van der Waals surface area contributed by atoms with Gasteiger partial charge >= 0.3 is 0 Å². The van der Waals surface area contributed by atoms with Crippen molar-refractivity contribution in [1.82, 2.24) is 5.16 Å². The van der Waals surface area contributed by atoms with Crippen LogP contribution < -0.4 is 5.73 Å². The van der Waals surface area contributed by atoms with Crippen molar-refractivity contribution in [3.8, 4) is 11.1 Å². The summed E-state index contributed by atoms with van der Waals surface area (Å²) >= 11 is 0. The van der Waals surface area contributed by atoms with Crippen molar-refractivity contribution in [2.24, 2.45) is 0 Å². The molecule has 2 aromatic rings. The van der Waals surface area contributed by atoms with Crippen LogP contribution in [0.1, 0.15) is 13.8 Å². The first-order valence-corrected chi connectivity index (χ1v) is 5.13. The molecule has 0 atom stereocenters. The second-order valence-electron chi connectivity index (χ2n) is 2.91. The van der Waals surface area contributed by atoms with Crippen LogP contribution in [0.4, 0.5) is 11.6 Å². The Bertz CT molecular complexity index is 491. The van der Waals surface area contributed by atoms with Gasteiger partial charge in [-0.1, -0.05) is 19.0 Å². The van der Waals surface area contributed by atoms with Crippen LogP contribution in [-0.4, -0.2) is 10.1 Å². The van der Waals surface area contributed by atoms with E-state index in [1.807, 2.05) is 13.8 Å². The standard InChI is InChI=1S/C9H7N3O3.C2H6/c10-9-8(5-11-15-9)6-1-3-7(4-2-6)12(13)14;1-2/h1-5H,10H2;1-2H3. The summed E-state index contributed by atoms with van der Waals surface area (Å²) < 4.78 is 4.69. The fourth-order valence-corrected chi connectivity index (χ4v) is 1.23. The summed E-state index contributed by atoms with van der Waals surface area (Å²) in [6.07, 6.45) is 1.47. The summed E-state index contributed by atoms with van der Waals surface area (Å²) in [7, 11) is 0. The molecule has 1 heterocycles. The van der Waals surface area contributed by atoms with Crippen LogP contribution in [0.2, 0.25) is 0 Å². The summed E-state index contributed by atoms with van der Waals surface area (Å²) in [4.78, 5) is 9.96. The van der Waals surface area contributed by atoms with Crippen molar-refractivity contribution in [2.45, 2.75) is 13.8 Å². The van der Waals surface area contributed by atoms with Gasteiger partial charge in [0.05, 0.1) is 16.7 Å². The Balaban J connectivity index is 0.000000686. The van der Waals surface area contributed by atoms with Gasteiger partial charge in [-0.3, -0.25) is 10.1 Å². The quantitative estimate of drug-likeness (QED) is 0.637. The van der Waals surface area contributed by atoms with E-state index < -0.39 is 4.92 Å². The summed E-state index contributed by atoms with van der Waals surface area (Å²) in [5.41, 5.74) is 6.91.